The molecule has 0 amide bonds. The van der Waals surface area contributed by atoms with E-state index in [1.54, 1.807) is 49.0 Å². The number of morpholine rings is 1. The SMILES string of the molecule is CCOC(=O)C(c1ncn2c1C[C@@H](F)C2)n1cc2c(C(F)(F)F)cc(-c3ccc(N4CCOCC4)cc3)c(C)c2n1.CCOC(=O)C(c1ncn2c1C[C@@H](F)C2)n1cc2c(C(F)(F)F)cc(Br)c(C)c2n1. The average molecular weight is 1060 g/mol. The predicted octanol–water partition coefficient (Wildman–Crippen LogP) is 9.48. The summed E-state index contributed by atoms with van der Waals surface area (Å²) >= 11 is 3.15. The number of aromatic nitrogens is 8. The summed E-state index contributed by atoms with van der Waals surface area (Å²) in [5, 5.41) is 8.53. The Balaban J connectivity index is 0.000000185. The van der Waals surface area contributed by atoms with Gasteiger partial charge in [0.25, 0.3) is 0 Å². The van der Waals surface area contributed by atoms with Gasteiger partial charge in [-0.05, 0) is 74.2 Å². The second kappa shape index (κ2) is 19.3. The van der Waals surface area contributed by atoms with Crippen LogP contribution in [0.2, 0.25) is 0 Å². The Kier molecular flexibility index (Phi) is 13.5. The first kappa shape index (κ1) is 49.6. The molecule has 3 aliphatic rings. The third kappa shape index (κ3) is 9.49. The van der Waals surface area contributed by atoms with Gasteiger partial charge in [-0.1, -0.05) is 28.1 Å². The number of esters is 2. The molecule has 0 spiro atoms. The second-order valence-corrected chi connectivity index (χ2v) is 18.2. The van der Waals surface area contributed by atoms with Gasteiger partial charge >= 0.3 is 24.3 Å². The summed E-state index contributed by atoms with van der Waals surface area (Å²) in [5.74, 6) is -1.45. The van der Waals surface area contributed by atoms with Crippen LogP contribution >= 0.6 is 15.9 Å². The summed E-state index contributed by atoms with van der Waals surface area (Å²) in [7, 11) is 0. The zero-order valence-electron chi connectivity index (χ0n) is 38.6. The molecule has 0 bridgehead atoms. The van der Waals surface area contributed by atoms with Crippen molar-refractivity contribution in [1.29, 1.82) is 0 Å². The molecule has 3 aromatic carbocycles. The fourth-order valence-electron chi connectivity index (χ4n) is 9.49. The van der Waals surface area contributed by atoms with Gasteiger partial charge in [0.15, 0.2) is 12.1 Å². The summed E-state index contributed by atoms with van der Waals surface area (Å²) in [6, 6.07) is 7.03. The van der Waals surface area contributed by atoms with Crippen molar-refractivity contribution in [1.82, 2.24) is 38.7 Å². The van der Waals surface area contributed by atoms with Crippen molar-refractivity contribution in [2.45, 2.75) is 90.4 Å². The highest BCUT2D eigenvalue weighted by molar-refractivity contribution is 9.10. The Labute approximate surface area is 408 Å². The number of fused-ring (bicyclic) bond motifs is 4. The molecule has 0 N–H and O–H groups in total. The Bertz CT molecular complexity index is 3140. The smallest absolute Gasteiger partial charge is 0.417 e. The lowest BCUT2D eigenvalue weighted by molar-refractivity contribution is -0.147. The van der Waals surface area contributed by atoms with Crippen molar-refractivity contribution in [3.8, 4) is 11.1 Å². The third-order valence-electron chi connectivity index (χ3n) is 12.9. The number of rotatable bonds is 10. The monoisotopic (exact) mass is 1060 g/mol. The standard InChI is InChI=1S/C29H29F4N5O3.C19H17BrF4N4O2/c1-3-41-28(39)27(26-24-12-19(30)14-37(24)16-34-26)38-15-22-23(29(31,32)33)13-21(17(2)25(22)35-38)18-4-6-20(7-5-18)36-8-10-40-11-9-36;1-3-30-18(29)17(16-14-4-10(21)6-27(14)8-25-16)28-7-11-12(19(22,23)24)5-13(20)9(2)15(11)26-28/h4-7,13,15-16,19,27H,3,8-12,14H2,1-2H3;5,7-8,10,17H,3-4,6H2,1-2H3/t19-,27?;10-,17?/m11/s1. The molecule has 376 valence electrons. The molecule has 23 heteroatoms. The van der Waals surface area contributed by atoms with Gasteiger partial charge in [0.05, 0.1) is 85.7 Å². The molecule has 7 heterocycles. The lowest BCUT2D eigenvalue weighted by atomic mass is 9.94. The molecule has 0 aliphatic carbocycles. The summed E-state index contributed by atoms with van der Waals surface area (Å²) in [4.78, 5) is 36.7. The molecular formula is C48H46BrF8N9O5. The molecule has 4 aromatic heterocycles. The van der Waals surface area contributed by atoms with Crippen LogP contribution in [0.1, 0.15) is 71.0 Å². The van der Waals surface area contributed by atoms with Crippen molar-refractivity contribution < 1.29 is 58.9 Å². The van der Waals surface area contributed by atoms with Crippen molar-refractivity contribution in [3.05, 3.63) is 111 Å². The van der Waals surface area contributed by atoms with Crippen LogP contribution in [0.15, 0.2) is 65.9 Å². The molecule has 1 fully saturated rings. The zero-order chi connectivity index (χ0) is 50.7. The molecule has 1 saturated heterocycles. The van der Waals surface area contributed by atoms with E-state index in [2.05, 4.69) is 41.0 Å². The number of hydrogen-bond donors (Lipinski definition) is 0. The summed E-state index contributed by atoms with van der Waals surface area (Å²) < 4.78 is 134. The van der Waals surface area contributed by atoms with E-state index in [1.165, 1.54) is 29.7 Å². The van der Waals surface area contributed by atoms with E-state index in [-0.39, 0.29) is 76.8 Å². The molecule has 0 radical (unpaired) electrons. The molecule has 71 heavy (non-hydrogen) atoms. The third-order valence-corrected chi connectivity index (χ3v) is 13.7. The van der Waals surface area contributed by atoms with E-state index in [4.69, 9.17) is 14.2 Å². The van der Waals surface area contributed by atoms with Crippen LogP contribution in [-0.2, 0) is 62.1 Å². The van der Waals surface area contributed by atoms with Gasteiger partial charge in [-0.25, -0.2) is 28.3 Å². The van der Waals surface area contributed by atoms with Crippen molar-refractivity contribution >= 4 is 55.4 Å². The molecule has 14 nitrogen and oxygen atoms in total. The number of anilines is 1. The first-order valence-corrected chi connectivity index (χ1v) is 23.5. The number of alkyl halides is 8. The highest BCUT2D eigenvalue weighted by atomic mass is 79.9. The summed E-state index contributed by atoms with van der Waals surface area (Å²) in [5.41, 5.74) is 2.95. The number of hydrogen-bond acceptors (Lipinski definition) is 10. The first-order valence-electron chi connectivity index (χ1n) is 22.7. The highest BCUT2D eigenvalue weighted by Gasteiger charge is 2.40. The van der Waals surface area contributed by atoms with Crippen LogP contribution in [0.4, 0.5) is 40.8 Å². The van der Waals surface area contributed by atoms with E-state index in [0.717, 1.165) is 35.6 Å². The van der Waals surface area contributed by atoms with Gasteiger partial charge in [-0.3, -0.25) is 9.36 Å². The maximum atomic E-state index is 14.4. The Hall–Kier alpha value is -6.36. The fourth-order valence-corrected chi connectivity index (χ4v) is 9.91. The van der Waals surface area contributed by atoms with Gasteiger partial charge in [0, 0.05) is 70.6 Å². The number of nitrogens with zero attached hydrogens (tertiary/aromatic N) is 9. The van der Waals surface area contributed by atoms with Crippen LogP contribution in [0.25, 0.3) is 32.9 Å². The Morgan fingerprint density at radius 1 is 0.732 bits per heavy atom. The van der Waals surface area contributed by atoms with Crippen LogP contribution in [0.3, 0.4) is 0 Å². The Morgan fingerprint density at radius 2 is 1.20 bits per heavy atom. The van der Waals surface area contributed by atoms with Crippen molar-refractivity contribution in [2.24, 2.45) is 0 Å². The number of aryl methyl sites for hydroxylation is 2. The average Bonchev–Trinajstić information content (AvgIpc) is 4.19. The molecule has 7 aromatic rings. The Morgan fingerprint density at radius 3 is 1.66 bits per heavy atom. The summed E-state index contributed by atoms with van der Waals surface area (Å²) in [6.45, 7) is 9.66. The molecular weight excluding hydrogens is 1010 g/mol. The van der Waals surface area contributed by atoms with Gasteiger partial charge in [-0.15, -0.1) is 0 Å². The van der Waals surface area contributed by atoms with Crippen molar-refractivity contribution in [2.75, 3.05) is 44.4 Å². The lowest BCUT2D eigenvalue weighted by Gasteiger charge is -2.29. The van der Waals surface area contributed by atoms with E-state index in [1.807, 2.05) is 12.1 Å². The van der Waals surface area contributed by atoms with Gasteiger partial charge in [0.2, 0.25) is 0 Å². The predicted molar refractivity (Wildman–Crippen MR) is 246 cm³/mol. The molecule has 2 unspecified atom stereocenters. The minimum atomic E-state index is -4.68. The number of benzene rings is 3. The highest BCUT2D eigenvalue weighted by Crippen LogP contribution is 2.43. The van der Waals surface area contributed by atoms with Crippen LogP contribution in [0.5, 0.6) is 0 Å². The van der Waals surface area contributed by atoms with Gasteiger partial charge in [-0.2, -0.15) is 36.5 Å². The minimum absolute atomic E-state index is 0.0451. The largest absolute Gasteiger partial charge is 0.464 e. The first-order chi connectivity index (χ1) is 33.8. The zero-order valence-corrected chi connectivity index (χ0v) is 40.2. The van der Waals surface area contributed by atoms with Gasteiger partial charge in [0.1, 0.15) is 12.3 Å². The van der Waals surface area contributed by atoms with Gasteiger partial charge < -0.3 is 28.2 Å². The number of imidazole rings is 2. The topological polar surface area (TPSA) is 136 Å². The summed E-state index contributed by atoms with van der Waals surface area (Å²) in [6.07, 6.45) is -6.20. The van der Waals surface area contributed by atoms with Crippen LogP contribution in [0, 0.1) is 13.8 Å². The maximum Gasteiger partial charge on any atom is 0.417 e. The number of halogens is 9. The minimum Gasteiger partial charge on any atom is -0.464 e. The van der Waals surface area contributed by atoms with Crippen molar-refractivity contribution in [3.63, 3.8) is 0 Å². The van der Waals surface area contributed by atoms with E-state index in [0.29, 0.717) is 46.9 Å². The molecule has 10 rings (SSSR count). The maximum absolute atomic E-state index is 14.4. The van der Waals surface area contributed by atoms with E-state index < -0.39 is 59.8 Å². The quantitative estimate of drug-likeness (QED) is 0.0963. The number of carbonyl (C=O) groups excluding carboxylic acids is 2. The second-order valence-electron chi connectivity index (χ2n) is 17.4. The number of carbonyl (C=O) groups is 2. The molecule has 3 aliphatic heterocycles. The number of ether oxygens (including phenoxy) is 3. The molecule has 4 atom stereocenters. The van der Waals surface area contributed by atoms with Crippen LogP contribution < -0.4 is 4.90 Å². The van der Waals surface area contributed by atoms with Crippen LogP contribution in [-0.4, -0.2) is 102 Å². The van der Waals surface area contributed by atoms with E-state index >= 15 is 0 Å². The lowest BCUT2D eigenvalue weighted by Crippen LogP contribution is -2.36. The molecule has 0 saturated carbocycles. The fraction of sp³-hybridized carbons (Fsp3) is 0.417. The van der Waals surface area contributed by atoms with E-state index in [9.17, 15) is 44.7 Å². The normalized spacial score (nSPS) is 17.8.